The topological polar surface area (TPSA) is 84.0 Å². The number of nitrogens with one attached hydrogen (secondary N) is 2. The summed E-state index contributed by atoms with van der Waals surface area (Å²) in [5, 5.41) is 8.26. The summed E-state index contributed by atoms with van der Waals surface area (Å²) in [6.07, 6.45) is 1.70. The molecule has 0 aliphatic heterocycles. The van der Waals surface area contributed by atoms with Gasteiger partial charge in [-0.1, -0.05) is 18.2 Å². The second kappa shape index (κ2) is 8.34. The summed E-state index contributed by atoms with van der Waals surface area (Å²) in [7, 11) is 0. The monoisotopic (exact) mass is 420 g/mol. The van der Waals surface area contributed by atoms with E-state index in [1.807, 2.05) is 29.6 Å². The number of aromatic nitrogens is 2. The second-order valence-electron chi connectivity index (χ2n) is 6.11. The summed E-state index contributed by atoms with van der Waals surface area (Å²) in [6, 6.07) is 16.2. The predicted octanol–water partition coefficient (Wildman–Crippen LogP) is 5.08. The molecule has 0 spiro atoms. The molecule has 0 fully saturated rings. The van der Waals surface area contributed by atoms with Crippen molar-refractivity contribution in [2.45, 2.75) is 6.92 Å². The van der Waals surface area contributed by atoms with Crippen LogP contribution in [0.4, 0.5) is 11.4 Å². The zero-order chi connectivity index (χ0) is 20.2. The third kappa shape index (κ3) is 4.39. The Bertz CT molecular complexity index is 1150. The zero-order valence-electron chi connectivity index (χ0n) is 15.4. The van der Waals surface area contributed by atoms with Gasteiger partial charge in [-0.15, -0.1) is 22.7 Å². The van der Waals surface area contributed by atoms with Crippen LogP contribution in [0.3, 0.4) is 0 Å². The van der Waals surface area contributed by atoms with Gasteiger partial charge in [0.15, 0.2) is 0 Å². The Morgan fingerprint density at radius 3 is 2.41 bits per heavy atom. The lowest BCUT2D eigenvalue weighted by Crippen LogP contribution is -2.13. The van der Waals surface area contributed by atoms with Gasteiger partial charge in [0, 0.05) is 17.6 Å². The van der Waals surface area contributed by atoms with Crippen molar-refractivity contribution in [3.63, 3.8) is 0 Å². The second-order valence-corrected chi connectivity index (χ2v) is 8.06. The van der Waals surface area contributed by atoms with Crippen LogP contribution in [0.25, 0.3) is 10.7 Å². The fourth-order valence-corrected chi connectivity index (χ4v) is 4.23. The van der Waals surface area contributed by atoms with E-state index in [2.05, 4.69) is 20.6 Å². The average Bonchev–Trinajstić information content (AvgIpc) is 3.39. The van der Waals surface area contributed by atoms with Gasteiger partial charge in [0.1, 0.15) is 9.88 Å². The summed E-state index contributed by atoms with van der Waals surface area (Å²) < 4.78 is 0. The lowest BCUT2D eigenvalue weighted by atomic mass is 10.2. The van der Waals surface area contributed by atoms with Crippen molar-refractivity contribution in [2.24, 2.45) is 0 Å². The normalized spacial score (nSPS) is 10.5. The van der Waals surface area contributed by atoms with E-state index >= 15 is 0 Å². The molecule has 0 radical (unpaired) electrons. The average molecular weight is 421 g/mol. The van der Waals surface area contributed by atoms with E-state index in [-0.39, 0.29) is 11.8 Å². The minimum absolute atomic E-state index is 0.179. The molecule has 29 heavy (non-hydrogen) atoms. The fourth-order valence-electron chi connectivity index (χ4n) is 2.67. The number of pyridine rings is 1. The highest BCUT2D eigenvalue weighted by Gasteiger charge is 2.17. The highest BCUT2D eigenvalue weighted by atomic mass is 32.1. The lowest BCUT2D eigenvalue weighted by molar-refractivity contribution is 0.102. The minimum Gasteiger partial charge on any atom is -0.321 e. The number of carbonyl (C=O) groups is 2. The van der Waals surface area contributed by atoms with Gasteiger partial charge >= 0.3 is 0 Å². The number of anilines is 2. The van der Waals surface area contributed by atoms with Crippen LogP contribution in [0.15, 0.2) is 66.2 Å². The van der Waals surface area contributed by atoms with Gasteiger partial charge < -0.3 is 10.6 Å². The molecule has 4 rings (SSSR count). The van der Waals surface area contributed by atoms with Crippen LogP contribution < -0.4 is 10.6 Å². The first-order chi connectivity index (χ1) is 14.1. The van der Waals surface area contributed by atoms with Crippen LogP contribution in [-0.2, 0) is 0 Å². The molecule has 0 bridgehead atoms. The Balaban J connectivity index is 1.49. The van der Waals surface area contributed by atoms with Gasteiger partial charge in [0.05, 0.1) is 16.3 Å². The quantitative estimate of drug-likeness (QED) is 0.472. The molecule has 144 valence electrons. The van der Waals surface area contributed by atoms with Crippen molar-refractivity contribution < 1.29 is 9.59 Å². The van der Waals surface area contributed by atoms with E-state index in [0.29, 0.717) is 31.8 Å². The molecule has 3 heterocycles. The van der Waals surface area contributed by atoms with Crippen molar-refractivity contribution in [1.29, 1.82) is 0 Å². The third-order valence-corrected chi connectivity index (χ3v) is 6.06. The summed E-state index contributed by atoms with van der Waals surface area (Å²) in [6.45, 7) is 1.80. The Labute approximate surface area is 175 Å². The molecule has 4 aromatic rings. The molecule has 8 heteroatoms. The summed E-state index contributed by atoms with van der Waals surface area (Å²) in [5.41, 5.74) is 2.58. The number of thiophene rings is 1. The first-order valence-electron chi connectivity index (χ1n) is 8.75. The smallest absolute Gasteiger partial charge is 0.267 e. The highest BCUT2D eigenvalue weighted by molar-refractivity contribution is 7.17. The molecule has 0 unspecified atom stereocenters. The number of amides is 2. The summed E-state index contributed by atoms with van der Waals surface area (Å²) >= 11 is 2.67. The van der Waals surface area contributed by atoms with E-state index in [9.17, 15) is 9.59 Å². The van der Waals surface area contributed by atoms with Crippen LogP contribution in [0.2, 0.25) is 0 Å². The van der Waals surface area contributed by atoms with Crippen LogP contribution in [-0.4, -0.2) is 21.8 Å². The molecule has 6 nitrogen and oxygen atoms in total. The van der Waals surface area contributed by atoms with Crippen LogP contribution in [0.1, 0.15) is 25.0 Å². The Morgan fingerprint density at radius 1 is 0.931 bits per heavy atom. The molecule has 0 saturated carbocycles. The number of hydrogen-bond donors (Lipinski definition) is 2. The standard InChI is InChI=1S/C21H16N4O2S2/c1-13-18(29-21(23-13)16-8-2-3-10-22-16)20(27)25-15-7-4-6-14(12-15)24-19(26)17-9-5-11-28-17/h2-12H,1H3,(H,24,26)(H,25,27). The molecular weight excluding hydrogens is 404 g/mol. The predicted molar refractivity (Wildman–Crippen MR) is 117 cm³/mol. The number of hydrogen-bond acceptors (Lipinski definition) is 6. The van der Waals surface area contributed by atoms with Gasteiger partial charge in [0.25, 0.3) is 11.8 Å². The van der Waals surface area contributed by atoms with Crippen LogP contribution >= 0.6 is 22.7 Å². The van der Waals surface area contributed by atoms with Crippen molar-refractivity contribution in [2.75, 3.05) is 10.6 Å². The minimum atomic E-state index is -0.246. The van der Waals surface area contributed by atoms with Gasteiger partial charge in [0.2, 0.25) is 0 Å². The van der Waals surface area contributed by atoms with Crippen LogP contribution in [0, 0.1) is 6.92 Å². The Kier molecular flexibility index (Phi) is 5.46. The van der Waals surface area contributed by atoms with Crippen molar-refractivity contribution in [3.05, 3.63) is 81.6 Å². The molecule has 0 saturated heterocycles. The number of thiazole rings is 1. The molecule has 0 atom stereocenters. The number of carbonyl (C=O) groups excluding carboxylic acids is 2. The number of aryl methyl sites for hydroxylation is 1. The summed E-state index contributed by atoms with van der Waals surface area (Å²) in [4.78, 5) is 34.9. The molecule has 0 aliphatic carbocycles. The lowest BCUT2D eigenvalue weighted by Gasteiger charge is -2.08. The molecule has 2 amide bonds. The molecule has 3 aromatic heterocycles. The number of rotatable bonds is 5. The molecular formula is C21H16N4O2S2. The van der Waals surface area contributed by atoms with E-state index < -0.39 is 0 Å². The third-order valence-electron chi connectivity index (χ3n) is 4.01. The Morgan fingerprint density at radius 2 is 1.72 bits per heavy atom. The van der Waals surface area contributed by atoms with Gasteiger partial charge in [-0.3, -0.25) is 14.6 Å². The maximum atomic E-state index is 12.8. The number of benzene rings is 1. The SMILES string of the molecule is Cc1nc(-c2ccccn2)sc1C(=O)Nc1cccc(NC(=O)c2cccs2)c1. The number of nitrogens with zero attached hydrogens (tertiary/aromatic N) is 2. The van der Waals surface area contributed by atoms with Crippen molar-refractivity contribution in [3.8, 4) is 10.7 Å². The van der Waals surface area contributed by atoms with Gasteiger partial charge in [-0.2, -0.15) is 0 Å². The van der Waals surface area contributed by atoms with Crippen LogP contribution in [0.5, 0.6) is 0 Å². The maximum absolute atomic E-state index is 12.8. The van der Waals surface area contributed by atoms with E-state index in [0.717, 1.165) is 5.69 Å². The largest absolute Gasteiger partial charge is 0.321 e. The van der Waals surface area contributed by atoms with Crippen molar-refractivity contribution in [1.82, 2.24) is 9.97 Å². The van der Waals surface area contributed by atoms with Gasteiger partial charge in [-0.05, 0) is 48.7 Å². The molecule has 2 N–H and O–H groups in total. The molecule has 0 aliphatic rings. The molecule has 1 aromatic carbocycles. The zero-order valence-corrected chi connectivity index (χ0v) is 17.0. The first-order valence-corrected chi connectivity index (χ1v) is 10.4. The Hall–Kier alpha value is -3.36. The van der Waals surface area contributed by atoms with Gasteiger partial charge in [-0.25, -0.2) is 4.98 Å². The van der Waals surface area contributed by atoms with E-state index in [4.69, 9.17) is 0 Å². The van der Waals surface area contributed by atoms with E-state index in [1.54, 1.807) is 43.5 Å². The summed E-state index contributed by atoms with van der Waals surface area (Å²) in [5.74, 6) is -0.425. The fraction of sp³-hybridized carbons (Fsp3) is 0.0476. The highest BCUT2D eigenvalue weighted by Crippen LogP contribution is 2.27. The van der Waals surface area contributed by atoms with Crippen molar-refractivity contribution >= 4 is 45.9 Å². The maximum Gasteiger partial charge on any atom is 0.267 e. The first kappa shape index (κ1) is 19.0. The van der Waals surface area contributed by atoms with E-state index in [1.165, 1.54) is 22.7 Å².